The van der Waals surface area contributed by atoms with E-state index in [1.54, 1.807) is 25.3 Å². The van der Waals surface area contributed by atoms with Crippen molar-refractivity contribution < 1.29 is 19.0 Å². The van der Waals surface area contributed by atoms with Crippen molar-refractivity contribution in [2.75, 3.05) is 19.5 Å². The minimum Gasteiger partial charge on any atom is -0.493 e. The lowest BCUT2D eigenvalue weighted by molar-refractivity contribution is -0.155. The second kappa shape index (κ2) is 8.90. The van der Waals surface area contributed by atoms with Crippen LogP contribution in [0.2, 0.25) is 5.15 Å². The monoisotopic (exact) mass is 393 g/mol. The number of benzene rings is 1. The summed E-state index contributed by atoms with van der Waals surface area (Å²) in [5.74, 6) is 0.947. The van der Waals surface area contributed by atoms with Crippen LogP contribution in [-0.4, -0.2) is 35.3 Å². The van der Waals surface area contributed by atoms with Crippen molar-refractivity contribution in [3.05, 3.63) is 29.4 Å². The Kier molecular flexibility index (Phi) is 6.85. The van der Waals surface area contributed by atoms with E-state index in [-0.39, 0.29) is 23.5 Å². The number of carbonyl (C=O) groups excluding carboxylic acids is 1. The SMILES string of the molecule is COc1ccc(-c2cc(Cl)nc(N)n2)cc1OCCCC(=O)OC(C)(C)C. The number of nitrogens with two attached hydrogens (primary N) is 1. The van der Waals surface area contributed by atoms with Crippen molar-refractivity contribution in [1.82, 2.24) is 9.97 Å². The number of hydrogen-bond acceptors (Lipinski definition) is 7. The van der Waals surface area contributed by atoms with Gasteiger partial charge in [-0.25, -0.2) is 9.97 Å². The highest BCUT2D eigenvalue weighted by atomic mass is 35.5. The molecule has 8 heteroatoms. The molecule has 0 fully saturated rings. The van der Waals surface area contributed by atoms with E-state index < -0.39 is 5.60 Å². The smallest absolute Gasteiger partial charge is 0.306 e. The van der Waals surface area contributed by atoms with E-state index in [2.05, 4.69) is 9.97 Å². The number of hydrogen-bond donors (Lipinski definition) is 1. The predicted octanol–water partition coefficient (Wildman–Crippen LogP) is 3.89. The molecule has 0 atom stereocenters. The van der Waals surface area contributed by atoms with E-state index in [4.69, 9.17) is 31.5 Å². The minimum atomic E-state index is -0.490. The van der Waals surface area contributed by atoms with E-state index in [9.17, 15) is 4.79 Å². The zero-order chi connectivity index (χ0) is 20.0. The average molecular weight is 394 g/mol. The second-order valence-electron chi connectivity index (χ2n) is 6.84. The molecule has 0 unspecified atom stereocenters. The van der Waals surface area contributed by atoms with E-state index in [0.717, 1.165) is 5.56 Å². The van der Waals surface area contributed by atoms with Crippen LogP contribution in [0.4, 0.5) is 5.95 Å². The molecule has 7 nitrogen and oxygen atoms in total. The molecular weight excluding hydrogens is 370 g/mol. The molecule has 0 aliphatic rings. The van der Waals surface area contributed by atoms with Crippen LogP contribution in [0.25, 0.3) is 11.3 Å². The van der Waals surface area contributed by atoms with Crippen LogP contribution < -0.4 is 15.2 Å². The van der Waals surface area contributed by atoms with E-state index in [1.807, 2.05) is 26.8 Å². The highest BCUT2D eigenvalue weighted by molar-refractivity contribution is 6.29. The van der Waals surface area contributed by atoms with Crippen molar-refractivity contribution in [2.24, 2.45) is 0 Å². The van der Waals surface area contributed by atoms with Gasteiger partial charge in [0.2, 0.25) is 5.95 Å². The summed E-state index contributed by atoms with van der Waals surface area (Å²) < 4.78 is 16.4. The largest absolute Gasteiger partial charge is 0.493 e. The topological polar surface area (TPSA) is 96.6 Å². The van der Waals surface area contributed by atoms with Crippen LogP contribution in [0, 0.1) is 0 Å². The van der Waals surface area contributed by atoms with Crippen LogP contribution in [0.3, 0.4) is 0 Å². The quantitative estimate of drug-likeness (QED) is 0.433. The highest BCUT2D eigenvalue weighted by Gasteiger charge is 2.16. The van der Waals surface area contributed by atoms with Gasteiger partial charge in [0.05, 0.1) is 19.4 Å². The highest BCUT2D eigenvalue weighted by Crippen LogP contribution is 2.32. The lowest BCUT2D eigenvalue weighted by atomic mass is 10.1. The summed E-state index contributed by atoms with van der Waals surface area (Å²) in [7, 11) is 1.56. The second-order valence-corrected chi connectivity index (χ2v) is 7.23. The fourth-order valence-corrected chi connectivity index (χ4v) is 2.51. The molecule has 1 heterocycles. The third kappa shape index (κ3) is 6.60. The molecule has 1 aromatic heterocycles. The Morgan fingerprint density at radius 3 is 2.56 bits per heavy atom. The van der Waals surface area contributed by atoms with E-state index in [1.165, 1.54) is 0 Å². The maximum atomic E-state index is 11.8. The minimum absolute atomic E-state index is 0.0909. The molecule has 27 heavy (non-hydrogen) atoms. The maximum Gasteiger partial charge on any atom is 0.306 e. The van der Waals surface area contributed by atoms with E-state index in [0.29, 0.717) is 30.2 Å². The number of anilines is 1. The van der Waals surface area contributed by atoms with Crippen molar-refractivity contribution >= 4 is 23.5 Å². The normalized spacial score (nSPS) is 11.1. The molecule has 2 aromatic rings. The molecule has 0 aliphatic carbocycles. The van der Waals surface area contributed by atoms with Gasteiger partial charge in [-0.1, -0.05) is 11.6 Å². The number of methoxy groups -OCH3 is 1. The molecule has 2 N–H and O–H groups in total. The Morgan fingerprint density at radius 2 is 1.93 bits per heavy atom. The number of aromatic nitrogens is 2. The summed E-state index contributed by atoms with van der Waals surface area (Å²) in [6.45, 7) is 5.85. The standard InChI is InChI=1S/C19H24ClN3O4/c1-19(2,3)27-17(24)6-5-9-26-15-10-12(7-8-14(15)25-4)13-11-16(20)23-18(21)22-13/h7-8,10-11H,5-6,9H2,1-4H3,(H2,21,22,23). The van der Waals surface area contributed by atoms with Crippen molar-refractivity contribution in [3.8, 4) is 22.8 Å². The van der Waals surface area contributed by atoms with Crippen molar-refractivity contribution in [2.45, 2.75) is 39.2 Å². The van der Waals surface area contributed by atoms with Crippen molar-refractivity contribution in [3.63, 3.8) is 0 Å². The molecule has 0 saturated carbocycles. The lowest BCUT2D eigenvalue weighted by Crippen LogP contribution is -2.23. The zero-order valence-corrected chi connectivity index (χ0v) is 16.7. The van der Waals surface area contributed by atoms with Crippen molar-refractivity contribution in [1.29, 1.82) is 0 Å². The Bertz CT molecular complexity index is 786. The summed E-state index contributed by atoms with van der Waals surface area (Å²) in [6.07, 6.45) is 0.798. The third-order valence-electron chi connectivity index (χ3n) is 3.37. The Labute approximate surface area is 163 Å². The number of nitrogens with zero attached hydrogens (tertiary/aromatic N) is 2. The number of rotatable bonds is 7. The van der Waals surface area contributed by atoms with Crippen LogP contribution in [-0.2, 0) is 9.53 Å². The number of halogens is 1. The van der Waals surface area contributed by atoms with Gasteiger partial charge in [0.25, 0.3) is 0 Å². The molecule has 1 aromatic carbocycles. The van der Waals surface area contributed by atoms with Crippen LogP contribution in [0.5, 0.6) is 11.5 Å². The molecule has 2 rings (SSSR count). The first-order chi connectivity index (χ1) is 12.7. The van der Waals surface area contributed by atoms with Gasteiger partial charge in [0.1, 0.15) is 10.8 Å². The summed E-state index contributed by atoms with van der Waals surface area (Å²) in [5.41, 5.74) is 6.50. The third-order valence-corrected chi connectivity index (χ3v) is 3.57. The first kappa shape index (κ1) is 20.8. The lowest BCUT2D eigenvalue weighted by Gasteiger charge is -2.19. The Hall–Kier alpha value is -2.54. The molecule has 0 amide bonds. The summed E-state index contributed by atoms with van der Waals surface area (Å²) >= 11 is 5.95. The summed E-state index contributed by atoms with van der Waals surface area (Å²) in [5, 5.41) is 0.258. The average Bonchev–Trinajstić information content (AvgIpc) is 2.56. The van der Waals surface area contributed by atoms with Gasteiger partial charge in [0.15, 0.2) is 11.5 Å². The van der Waals surface area contributed by atoms with Gasteiger partial charge in [-0.3, -0.25) is 4.79 Å². The molecule has 0 aliphatic heterocycles. The molecule has 0 spiro atoms. The number of carbonyl (C=O) groups is 1. The maximum absolute atomic E-state index is 11.8. The van der Waals surface area contributed by atoms with Gasteiger partial charge < -0.3 is 19.9 Å². The van der Waals surface area contributed by atoms with Crippen LogP contribution in [0.1, 0.15) is 33.6 Å². The van der Waals surface area contributed by atoms with Gasteiger partial charge >= 0.3 is 5.97 Å². The molecule has 146 valence electrons. The molecule has 0 bridgehead atoms. The number of nitrogen functional groups attached to an aromatic ring is 1. The van der Waals surface area contributed by atoms with Gasteiger partial charge in [0, 0.05) is 18.1 Å². The van der Waals surface area contributed by atoms with E-state index >= 15 is 0 Å². The summed E-state index contributed by atoms with van der Waals surface area (Å²) in [6, 6.07) is 6.99. The Balaban J connectivity index is 2.04. The molecule has 0 radical (unpaired) electrons. The number of esters is 1. The first-order valence-corrected chi connectivity index (χ1v) is 8.89. The predicted molar refractivity (Wildman–Crippen MR) is 104 cm³/mol. The molecular formula is C19H24ClN3O4. The fraction of sp³-hybridized carbons (Fsp3) is 0.421. The number of ether oxygens (including phenoxy) is 3. The van der Waals surface area contributed by atoms with Crippen LogP contribution in [0.15, 0.2) is 24.3 Å². The first-order valence-electron chi connectivity index (χ1n) is 8.51. The van der Waals surface area contributed by atoms with Gasteiger partial charge in [-0.05, 0) is 45.4 Å². The van der Waals surface area contributed by atoms with Gasteiger partial charge in [-0.15, -0.1) is 0 Å². The zero-order valence-electron chi connectivity index (χ0n) is 15.9. The molecule has 0 saturated heterocycles. The fourth-order valence-electron chi connectivity index (χ4n) is 2.32. The van der Waals surface area contributed by atoms with Gasteiger partial charge in [-0.2, -0.15) is 0 Å². The Morgan fingerprint density at radius 1 is 1.19 bits per heavy atom. The summed E-state index contributed by atoms with van der Waals surface area (Å²) in [4.78, 5) is 19.8. The van der Waals surface area contributed by atoms with Crippen LogP contribution >= 0.6 is 11.6 Å².